The maximum absolute atomic E-state index is 13.0. The van der Waals surface area contributed by atoms with Crippen molar-refractivity contribution in [1.82, 2.24) is 14.9 Å². The number of imidazole rings is 1. The molecule has 3 aromatic carbocycles. The molecule has 1 amide bonds. The average Bonchev–Trinajstić information content (AvgIpc) is 3.14. The normalized spacial score (nSPS) is 12.0. The van der Waals surface area contributed by atoms with Gasteiger partial charge >= 0.3 is 0 Å². The number of carbonyl (C=O) groups excluding carboxylic acids is 2. The standard InChI is InChI=1S/C26H24ClN3O2/c1-17-7-3-4-8-20(17)15-25(32)28-18(2)26-29-22-9-5-6-10-23(22)30(26)16-24(31)19-11-13-21(27)14-12-19/h3-14,18H,15-16H2,1-2H3,(H,28,32). The molecule has 5 nitrogen and oxygen atoms in total. The molecule has 4 aromatic rings. The Labute approximate surface area is 192 Å². The Bertz CT molecular complexity index is 1280. The number of nitrogens with zero attached hydrogens (tertiary/aromatic N) is 2. The second kappa shape index (κ2) is 9.37. The summed E-state index contributed by atoms with van der Waals surface area (Å²) in [6.07, 6.45) is 0.293. The predicted molar refractivity (Wildman–Crippen MR) is 127 cm³/mol. The van der Waals surface area contributed by atoms with Crippen LogP contribution in [0.5, 0.6) is 0 Å². The van der Waals surface area contributed by atoms with Crippen molar-refractivity contribution in [2.75, 3.05) is 0 Å². The van der Waals surface area contributed by atoms with Crippen LogP contribution in [0.2, 0.25) is 5.02 Å². The van der Waals surface area contributed by atoms with Crippen molar-refractivity contribution in [3.63, 3.8) is 0 Å². The lowest BCUT2D eigenvalue weighted by atomic mass is 10.1. The van der Waals surface area contributed by atoms with E-state index in [-0.39, 0.29) is 24.3 Å². The number of halogens is 1. The Morgan fingerprint density at radius 2 is 1.69 bits per heavy atom. The molecule has 1 N–H and O–H groups in total. The van der Waals surface area contributed by atoms with E-state index in [4.69, 9.17) is 16.6 Å². The summed E-state index contributed by atoms with van der Waals surface area (Å²) in [5, 5.41) is 3.63. The molecule has 1 heterocycles. The zero-order valence-electron chi connectivity index (χ0n) is 18.0. The quantitative estimate of drug-likeness (QED) is 0.392. The van der Waals surface area contributed by atoms with E-state index in [0.717, 1.165) is 22.2 Å². The van der Waals surface area contributed by atoms with Gasteiger partial charge in [-0.1, -0.05) is 48.0 Å². The maximum atomic E-state index is 13.0. The largest absolute Gasteiger partial charge is 0.346 e. The molecular weight excluding hydrogens is 422 g/mol. The molecule has 0 aliphatic carbocycles. The van der Waals surface area contributed by atoms with E-state index >= 15 is 0 Å². The summed E-state index contributed by atoms with van der Waals surface area (Å²) in [5.74, 6) is 0.505. The first-order valence-corrected chi connectivity index (χ1v) is 10.9. The Morgan fingerprint density at radius 3 is 2.44 bits per heavy atom. The molecule has 1 aromatic heterocycles. The second-order valence-electron chi connectivity index (χ2n) is 7.87. The van der Waals surface area contributed by atoms with Crippen molar-refractivity contribution in [1.29, 1.82) is 0 Å². The molecule has 162 valence electrons. The Morgan fingerprint density at radius 1 is 1.00 bits per heavy atom. The van der Waals surface area contributed by atoms with Crippen molar-refractivity contribution in [3.05, 3.63) is 100 Å². The number of ketones is 1. The first-order chi connectivity index (χ1) is 15.4. The number of para-hydroxylation sites is 2. The molecule has 0 saturated carbocycles. The van der Waals surface area contributed by atoms with Gasteiger partial charge in [0.15, 0.2) is 5.78 Å². The molecule has 0 aliphatic heterocycles. The Kier molecular flexibility index (Phi) is 6.37. The van der Waals surface area contributed by atoms with Crippen LogP contribution in [0.15, 0.2) is 72.8 Å². The number of nitrogens with one attached hydrogen (secondary N) is 1. The van der Waals surface area contributed by atoms with Gasteiger partial charge in [0.25, 0.3) is 0 Å². The Hall–Kier alpha value is -3.44. The number of rotatable bonds is 7. The van der Waals surface area contributed by atoms with Crippen molar-refractivity contribution in [3.8, 4) is 0 Å². The minimum atomic E-state index is -0.364. The summed E-state index contributed by atoms with van der Waals surface area (Å²) in [6, 6.07) is 22.0. The molecule has 0 bridgehead atoms. The third-order valence-electron chi connectivity index (χ3n) is 5.53. The molecule has 0 saturated heterocycles. The third-order valence-corrected chi connectivity index (χ3v) is 5.78. The monoisotopic (exact) mass is 445 g/mol. The topological polar surface area (TPSA) is 64.0 Å². The number of hydrogen-bond donors (Lipinski definition) is 1. The van der Waals surface area contributed by atoms with Crippen LogP contribution in [0, 0.1) is 6.92 Å². The van der Waals surface area contributed by atoms with E-state index in [1.807, 2.05) is 66.9 Å². The van der Waals surface area contributed by atoms with Crippen molar-refractivity contribution < 1.29 is 9.59 Å². The lowest BCUT2D eigenvalue weighted by Gasteiger charge is -2.16. The van der Waals surface area contributed by atoms with Crippen molar-refractivity contribution >= 4 is 34.3 Å². The maximum Gasteiger partial charge on any atom is 0.225 e. The zero-order chi connectivity index (χ0) is 22.7. The van der Waals surface area contributed by atoms with Gasteiger partial charge in [-0.15, -0.1) is 0 Å². The molecule has 1 unspecified atom stereocenters. The van der Waals surface area contributed by atoms with Gasteiger partial charge in [-0.25, -0.2) is 4.98 Å². The van der Waals surface area contributed by atoms with Gasteiger partial charge in [0.2, 0.25) is 5.91 Å². The number of fused-ring (bicyclic) bond motifs is 1. The SMILES string of the molecule is Cc1ccccc1CC(=O)NC(C)c1nc2ccccc2n1CC(=O)c1ccc(Cl)cc1. The van der Waals surface area contributed by atoms with E-state index in [2.05, 4.69) is 5.32 Å². The highest BCUT2D eigenvalue weighted by Crippen LogP contribution is 2.22. The smallest absolute Gasteiger partial charge is 0.225 e. The minimum Gasteiger partial charge on any atom is -0.346 e. The van der Waals surface area contributed by atoms with E-state index in [9.17, 15) is 9.59 Å². The zero-order valence-corrected chi connectivity index (χ0v) is 18.8. The number of aromatic nitrogens is 2. The number of Topliss-reactive ketones (excluding diaryl/α,β-unsaturated/α-hetero) is 1. The summed E-state index contributed by atoms with van der Waals surface area (Å²) in [7, 11) is 0. The minimum absolute atomic E-state index is 0.0514. The molecule has 1 atom stereocenters. The van der Waals surface area contributed by atoms with Gasteiger partial charge in [-0.2, -0.15) is 0 Å². The van der Waals surface area contributed by atoms with E-state index < -0.39 is 0 Å². The molecule has 4 rings (SSSR count). The van der Waals surface area contributed by atoms with Crippen LogP contribution in [0.25, 0.3) is 11.0 Å². The molecule has 32 heavy (non-hydrogen) atoms. The number of benzene rings is 3. The van der Waals surface area contributed by atoms with E-state index in [1.54, 1.807) is 24.3 Å². The number of carbonyl (C=O) groups is 2. The molecule has 6 heteroatoms. The highest BCUT2D eigenvalue weighted by molar-refractivity contribution is 6.30. The van der Waals surface area contributed by atoms with Crippen LogP contribution in [0.1, 0.15) is 40.3 Å². The lowest BCUT2D eigenvalue weighted by Crippen LogP contribution is -2.30. The lowest BCUT2D eigenvalue weighted by molar-refractivity contribution is -0.121. The fraction of sp³-hybridized carbons (Fsp3) is 0.192. The number of amides is 1. The van der Waals surface area contributed by atoms with Crippen LogP contribution in [0.4, 0.5) is 0 Å². The van der Waals surface area contributed by atoms with Crippen LogP contribution in [-0.2, 0) is 17.8 Å². The van der Waals surface area contributed by atoms with Crippen molar-refractivity contribution in [2.24, 2.45) is 0 Å². The average molecular weight is 446 g/mol. The van der Waals surface area contributed by atoms with Crippen LogP contribution in [0.3, 0.4) is 0 Å². The van der Waals surface area contributed by atoms with E-state index in [1.165, 1.54) is 0 Å². The number of hydrogen-bond acceptors (Lipinski definition) is 3. The molecule has 0 fully saturated rings. The number of aryl methyl sites for hydroxylation is 1. The first kappa shape index (κ1) is 21.8. The predicted octanol–water partition coefficient (Wildman–Crippen LogP) is 5.30. The second-order valence-corrected chi connectivity index (χ2v) is 8.30. The fourth-order valence-electron chi connectivity index (χ4n) is 3.80. The van der Waals surface area contributed by atoms with Gasteiger partial charge < -0.3 is 9.88 Å². The molecule has 0 aliphatic rings. The summed E-state index contributed by atoms with van der Waals surface area (Å²) >= 11 is 5.95. The van der Waals surface area contributed by atoms with Crippen LogP contribution < -0.4 is 5.32 Å². The fourth-order valence-corrected chi connectivity index (χ4v) is 3.93. The van der Waals surface area contributed by atoms with Crippen LogP contribution in [-0.4, -0.2) is 21.2 Å². The molecular formula is C26H24ClN3O2. The van der Waals surface area contributed by atoms with Gasteiger partial charge in [-0.05, 0) is 61.4 Å². The van der Waals surface area contributed by atoms with Crippen LogP contribution >= 0.6 is 11.6 Å². The van der Waals surface area contributed by atoms with Gasteiger partial charge in [-0.3, -0.25) is 9.59 Å². The third kappa shape index (κ3) is 4.73. The van der Waals surface area contributed by atoms with Gasteiger partial charge in [0, 0.05) is 10.6 Å². The van der Waals surface area contributed by atoms with E-state index in [0.29, 0.717) is 22.8 Å². The summed E-state index contributed by atoms with van der Waals surface area (Å²) in [4.78, 5) is 30.4. The summed E-state index contributed by atoms with van der Waals surface area (Å²) < 4.78 is 1.88. The molecule has 0 spiro atoms. The highest BCUT2D eigenvalue weighted by atomic mass is 35.5. The van der Waals surface area contributed by atoms with Crippen molar-refractivity contribution in [2.45, 2.75) is 32.9 Å². The van der Waals surface area contributed by atoms with Gasteiger partial charge in [0.1, 0.15) is 5.82 Å². The summed E-state index contributed by atoms with van der Waals surface area (Å²) in [5.41, 5.74) is 4.28. The Balaban J connectivity index is 1.59. The van der Waals surface area contributed by atoms with Gasteiger partial charge in [0.05, 0.1) is 30.0 Å². The molecule has 0 radical (unpaired) electrons. The highest BCUT2D eigenvalue weighted by Gasteiger charge is 2.21. The first-order valence-electron chi connectivity index (χ1n) is 10.5. The summed E-state index contributed by atoms with van der Waals surface area (Å²) in [6.45, 7) is 4.00.